The molecule has 0 aliphatic heterocycles. The molecule has 0 spiro atoms. The maximum Gasteiger partial charge on any atom is 0.237 e. The highest BCUT2D eigenvalue weighted by Gasteiger charge is 2.35. The van der Waals surface area contributed by atoms with Gasteiger partial charge in [0.25, 0.3) is 0 Å². The third kappa shape index (κ3) is 3.99. The first-order valence-corrected chi connectivity index (χ1v) is 9.49. The topological polar surface area (TPSA) is 20.3 Å². The Hall–Kier alpha value is -0.0500. The minimum atomic E-state index is -0.00801. The summed E-state index contributed by atoms with van der Waals surface area (Å²) in [6.07, 6.45) is 12.8. The predicted octanol–water partition coefficient (Wildman–Crippen LogP) is 4.90. The number of hydrogen-bond donors (Lipinski definition) is 0. The van der Waals surface area contributed by atoms with Crippen molar-refractivity contribution < 1.29 is 4.79 Å². The molecule has 0 N–H and O–H groups in total. The molecule has 2 rings (SSSR count). The highest BCUT2D eigenvalue weighted by molar-refractivity contribution is 9.10. The van der Waals surface area contributed by atoms with Crippen molar-refractivity contribution in [3.63, 3.8) is 0 Å². The van der Waals surface area contributed by atoms with Crippen LogP contribution in [-0.4, -0.2) is 27.7 Å². The summed E-state index contributed by atoms with van der Waals surface area (Å²) in [6.45, 7) is 4.27. The van der Waals surface area contributed by atoms with Gasteiger partial charge in [-0.05, 0) is 31.6 Å². The molecular weight excluding hydrogens is 314 g/mol. The van der Waals surface area contributed by atoms with Gasteiger partial charge in [-0.25, -0.2) is 0 Å². The van der Waals surface area contributed by atoms with E-state index in [0.717, 1.165) is 0 Å². The molecule has 0 aromatic carbocycles. The number of carbonyl (C=O) groups excluding carboxylic acids is 1. The molecule has 2 fully saturated rings. The molecule has 0 aromatic rings. The summed E-state index contributed by atoms with van der Waals surface area (Å²) in [5.41, 5.74) is 0. The molecule has 0 aromatic heterocycles. The Labute approximate surface area is 132 Å². The van der Waals surface area contributed by atoms with E-state index < -0.39 is 0 Å². The molecule has 1 atom stereocenters. The number of nitrogens with zero attached hydrogens (tertiary/aromatic N) is 1. The molecule has 20 heavy (non-hydrogen) atoms. The summed E-state index contributed by atoms with van der Waals surface area (Å²) in [5.74, 6) is 0.732. The fourth-order valence-corrected chi connectivity index (χ4v) is 4.04. The lowest BCUT2D eigenvalue weighted by molar-refractivity contribution is -0.138. The molecule has 0 bridgehead atoms. The van der Waals surface area contributed by atoms with Gasteiger partial charge in [-0.15, -0.1) is 0 Å². The van der Waals surface area contributed by atoms with Crippen LogP contribution in [0.4, 0.5) is 0 Å². The molecule has 2 saturated carbocycles. The van der Waals surface area contributed by atoms with Gasteiger partial charge in [0.05, 0.1) is 4.83 Å². The third-order valence-corrected chi connectivity index (χ3v) is 6.46. The maximum absolute atomic E-state index is 13.0. The molecule has 1 unspecified atom stereocenters. The lowest BCUT2D eigenvalue weighted by Gasteiger charge is -2.43. The van der Waals surface area contributed by atoms with Gasteiger partial charge in [-0.1, -0.05) is 68.3 Å². The summed E-state index contributed by atoms with van der Waals surface area (Å²) in [5, 5.41) is 0. The van der Waals surface area contributed by atoms with Crippen LogP contribution in [-0.2, 0) is 4.79 Å². The normalized spacial score (nSPS) is 23.8. The average Bonchev–Trinajstić information content (AvgIpc) is 2.48. The smallest absolute Gasteiger partial charge is 0.237 e. The largest absolute Gasteiger partial charge is 0.336 e. The molecule has 2 nitrogen and oxygen atoms in total. The summed E-state index contributed by atoms with van der Waals surface area (Å²) in [4.78, 5) is 15.3. The summed E-state index contributed by atoms with van der Waals surface area (Å²) in [7, 11) is 0. The molecule has 0 radical (unpaired) electrons. The Bertz CT molecular complexity index is 288. The van der Waals surface area contributed by atoms with Crippen LogP contribution in [0.3, 0.4) is 0 Å². The quantitative estimate of drug-likeness (QED) is 0.664. The maximum atomic E-state index is 13.0. The molecular formula is C17H30BrNO. The summed E-state index contributed by atoms with van der Waals surface area (Å²) >= 11 is 3.65. The molecule has 0 heterocycles. The van der Waals surface area contributed by atoms with E-state index in [0.29, 0.717) is 23.9 Å². The van der Waals surface area contributed by atoms with Gasteiger partial charge in [0.15, 0.2) is 0 Å². The van der Waals surface area contributed by atoms with E-state index in [2.05, 4.69) is 34.7 Å². The number of amides is 1. The van der Waals surface area contributed by atoms with Crippen LogP contribution in [0.2, 0.25) is 0 Å². The van der Waals surface area contributed by atoms with E-state index >= 15 is 0 Å². The first-order valence-electron chi connectivity index (χ1n) is 8.57. The molecule has 116 valence electrons. The van der Waals surface area contributed by atoms with Crippen LogP contribution in [0, 0.1) is 5.92 Å². The highest BCUT2D eigenvalue weighted by Crippen LogP contribution is 2.32. The number of alkyl halides is 1. The minimum Gasteiger partial charge on any atom is -0.336 e. The van der Waals surface area contributed by atoms with Crippen molar-refractivity contribution in [3.8, 4) is 0 Å². The van der Waals surface area contributed by atoms with Crippen LogP contribution in [0.1, 0.15) is 78.1 Å². The van der Waals surface area contributed by atoms with Gasteiger partial charge in [-0.2, -0.15) is 0 Å². The minimum absolute atomic E-state index is 0.00801. The summed E-state index contributed by atoms with van der Waals surface area (Å²) < 4.78 is 0. The van der Waals surface area contributed by atoms with Crippen LogP contribution in [0.5, 0.6) is 0 Å². The predicted molar refractivity (Wildman–Crippen MR) is 88.1 cm³/mol. The SMILES string of the molecule is CC(C)C(Br)C(=O)N(C1CCCCC1)C1CCCCC1. The monoisotopic (exact) mass is 343 g/mol. The van der Waals surface area contributed by atoms with E-state index in [1.54, 1.807) is 0 Å². The lowest BCUT2D eigenvalue weighted by atomic mass is 9.88. The van der Waals surface area contributed by atoms with Crippen molar-refractivity contribution in [3.05, 3.63) is 0 Å². The Kier molecular flexibility index (Phi) is 6.38. The first kappa shape index (κ1) is 16.3. The van der Waals surface area contributed by atoms with E-state index in [1.807, 2.05) is 0 Å². The van der Waals surface area contributed by atoms with Crippen molar-refractivity contribution in [2.24, 2.45) is 5.92 Å². The second-order valence-electron chi connectivity index (χ2n) is 6.97. The Morgan fingerprint density at radius 2 is 1.30 bits per heavy atom. The fraction of sp³-hybridized carbons (Fsp3) is 0.941. The average molecular weight is 344 g/mol. The van der Waals surface area contributed by atoms with Gasteiger partial charge < -0.3 is 4.90 Å². The highest BCUT2D eigenvalue weighted by atomic mass is 79.9. The van der Waals surface area contributed by atoms with Crippen LogP contribution in [0.25, 0.3) is 0 Å². The van der Waals surface area contributed by atoms with Gasteiger partial charge in [0.1, 0.15) is 0 Å². The molecule has 0 saturated heterocycles. The molecule has 2 aliphatic carbocycles. The zero-order chi connectivity index (χ0) is 14.5. The Balaban J connectivity index is 2.11. The van der Waals surface area contributed by atoms with Gasteiger partial charge in [-0.3, -0.25) is 4.79 Å². The Morgan fingerprint density at radius 1 is 0.900 bits per heavy atom. The number of carbonyl (C=O) groups is 1. The van der Waals surface area contributed by atoms with Gasteiger partial charge >= 0.3 is 0 Å². The standard InChI is InChI=1S/C17H30BrNO/c1-13(2)16(18)17(20)19(14-9-5-3-6-10-14)15-11-7-4-8-12-15/h13-16H,3-12H2,1-2H3. The van der Waals surface area contributed by atoms with Crippen LogP contribution < -0.4 is 0 Å². The first-order chi connectivity index (χ1) is 9.61. The molecule has 3 heteroatoms. The van der Waals surface area contributed by atoms with E-state index in [1.165, 1.54) is 64.2 Å². The number of rotatable bonds is 4. The lowest BCUT2D eigenvalue weighted by Crippen LogP contribution is -2.52. The number of hydrogen-bond acceptors (Lipinski definition) is 1. The van der Waals surface area contributed by atoms with E-state index in [9.17, 15) is 4.79 Å². The van der Waals surface area contributed by atoms with Crippen molar-refractivity contribution in [1.82, 2.24) is 4.90 Å². The second kappa shape index (κ2) is 7.82. The van der Waals surface area contributed by atoms with Crippen molar-refractivity contribution in [1.29, 1.82) is 0 Å². The Morgan fingerprint density at radius 3 is 1.65 bits per heavy atom. The summed E-state index contributed by atoms with van der Waals surface area (Å²) in [6, 6.07) is 1.02. The van der Waals surface area contributed by atoms with Gasteiger partial charge in [0, 0.05) is 12.1 Å². The molecule has 2 aliphatic rings. The van der Waals surface area contributed by atoms with Crippen LogP contribution in [0.15, 0.2) is 0 Å². The molecule has 1 amide bonds. The zero-order valence-electron chi connectivity index (χ0n) is 13.1. The second-order valence-corrected chi connectivity index (χ2v) is 7.96. The number of halogens is 1. The van der Waals surface area contributed by atoms with E-state index in [4.69, 9.17) is 0 Å². The van der Waals surface area contributed by atoms with Crippen molar-refractivity contribution in [2.75, 3.05) is 0 Å². The van der Waals surface area contributed by atoms with Gasteiger partial charge in [0.2, 0.25) is 5.91 Å². The van der Waals surface area contributed by atoms with Crippen molar-refractivity contribution in [2.45, 2.75) is 95.0 Å². The van der Waals surface area contributed by atoms with Crippen molar-refractivity contribution >= 4 is 21.8 Å². The van der Waals surface area contributed by atoms with Crippen LogP contribution >= 0.6 is 15.9 Å². The fourth-order valence-electron chi connectivity index (χ4n) is 3.80. The third-order valence-electron chi connectivity index (χ3n) is 5.01. The van der Waals surface area contributed by atoms with E-state index in [-0.39, 0.29) is 4.83 Å². The zero-order valence-corrected chi connectivity index (χ0v) is 14.7.